The van der Waals surface area contributed by atoms with E-state index in [0.717, 1.165) is 33.8 Å². The summed E-state index contributed by atoms with van der Waals surface area (Å²) in [6.45, 7) is -0.192. The second-order valence-electron chi connectivity index (χ2n) is 6.26. The summed E-state index contributed by atoms with van der Waals surface area (Å²) in [5.74, 6) is -1.56. The summed E-state index contributed by atoms with van der Waals surface area (Å²) in [5, 5.41) is 4.00. The molecule has 0 saturated heterocycles. The molecular formula is C20H15F4N3O3. The van der Waals surface area contributed by atoms with Crippen LogP contribution in [0.2, 0.25) is 0 Å². The van der Waals surface area contributed by atoms with Crippen molar-refractivity contribution in [3.63, 3.8) is 0 Å². The molecule has 0 spiro atoms. The molecule has 3 aromatic rings. The summed E-state index contributed by atoms with van der Waals surface area (Å²) >= 11 is 0. The quantitative estimate of drug-likeness (QED) is 0.592. The van der Waals surface area contributed by atoms with Crippen LogP contribution < -0.4 is 10.3 Å². The molecule has 1 heterocycles. The highest BCUT2D eigenvalue weighted by Crippen LogP contribution is 2.27. The predicted molar refractivity (Wildman–Crippen MR) is 98.7 cm³/mol. The van der Waals surface area contributed by atoms with Gasteiger partial charge >= 0.3 is 6.36 Å². The van der Waals surface area contributed by atoms with Gasteiger partial charge in [0.2, 0.25) is 0 Å². The van der Waals surface area contributed by atoms with E-state index in [1.165, 1.54) is 43.4 Å². The number of aromatic nitrogens is 2. The number of amides is 1. The van der Waals surface area contributed by atoms with Gasteiger partial charge in [-0.2, -0.15) is 9.78 Å². The molecule has 0 aliphatic rings. The van der Waals surface area contributed by atoms with E-state index in [-0.39, 0.29) is 23.5 Å². The van der Waals surface area contributed by atoms with Crippen LogP contribution in [0.25, 0.3) is 5.69 Å². The highest BCUT2D eigenvalue weighted by Gasteiger charge is 2.32. The van der Waals surface area contributed by atoms with Gasteiger partial charge in [-0.15, -0.1) is 13.2 Å². The van der Waals surface area contributed by atoms with Gasteiger partial charge in [0.1, 0.15) is 17.3 Å². The first-order chi connectivity index (χ1) is 14.1. The molecule has 0 bridgehead atoms. The van der Waals surface area contributed by atoms with E-state index in [9.17, 15) is 27.2 Å². The molecule has 1 aromatic heterocycles. The van der Waals surface area contributed by atoms with Gasteiger partial charge in [0.15, 0.2) is 0 Å². The normalized spacial score (nSPS) is 11.2. The lowest BCUT2D eigenvalue weighted by Crippen LogP contribution is -2.30. The van der Waals surface area contributed by atoms with Gasteiger partial charge in [0.25, 0.3) is 11.5 Å². The standard InChI is InChI=1S/C20H15F4N3O3/c1-26(12-13-4-2-3-5-17(13)30-20(22,23)24)19(29)16-10-11-18(28)27(25-16)15-8-6-14(21)7-9-15/h2-11H,12H2,1H3. The Hall–Kier alpha value is -3.69. The lowest BCUT2D eigenvalue weighted by molar-refractivity contribution is -0.275. The predicted octanol–water partition coefficient (Wildman–Crippen LogP) is 3.54. The molecule has 0 atom stereocenters. The van der Waals surface area contributed by atoms with Crippen LogP contribution in [-0.4, -0.2) is 34.0 Å². The number of hydrogen-bond acceptors (Lipinski definition) is 4. The van der Waals surface area contributed by atoms with Gasteiger partial charge in [-0.25, -0.2) is 4.39 Å². The SMILES string of the molecule is CN(Cc1ccccc1OC(F)(F)F)C(=O)c1ccc(=O)n(-c2ccc(F)cc2)n1. The van der Waals surface area contributed by atoms with Crippen LogP contribution >= 0.6 is 0 Å². The maximum atomic E-state index is 13.1. The molecule has 0 aliphatic carbocycles. The van der Waals surface area contributed by atoms with Gasteiger partial charge in [-0.1, -0.05) is 18.2 Å². The maximum Gasteiger partial charge on any atom is 0.573 e. The average Bonchev–Trinajstić information content (AvgIpc) is 2.69. The Morgan fingerprint density at radius 2 is 1.73 bits per heavy atom. The molecule has 0 aliphatic heterocycles. The zero-order chi connectivity index (χ0) is 21.9. The lowest BCUT2D eigenvalue weighted by Gasteiger charge is -2.19. The number of carbonyl (C=O) groups excluding carboxylic acids is 1. The highest BCUT2D eigenvalue weighted by atomic mass is 19.4. The number of carbonyl (C=O) groups is 1. The lowest BCUT2D eigenvalue weighted by atomic mass is 10.2. The molecule has 0 radical (unpaired) electrons. The largest absolute Gasteiger partial charge is 0.573 e. The number of benzene rings is 2. The van der Waals surface area contributed by atoms with Crippen molar-refractivity contribution in [2.45, 2.75) is 12.9 Å². The Morgan fingerprint density at radius 3 is 2.40 bits per heavy atom. The third-order valence-corrected chi connectivity index (χ3v) is 4.04. The molecule has 0 saturated carbocycles. The first-order valence-corrected chi connectivity index (χ1v) is 8.59. The number of para-hydroxylation sites is 1. The van der Waals surface area contributed by atoms with Crippen LogP contribution in [0.15, 0.2) is 65.5 Å². The Bertz CT molecular complexity index is 1110. The van der Waals surface area contributed by atoms with E-state index in [1.807, 2.05) is 0 Å². The molecule has 0 N–H and O–H groups in total. The van der Waals surface area contributed by atoms with Crippen LogP contribution in [0.3, 0.4) is 0 Å². The van der Waals surface area contributed by atoms with E-state index in [2.05, 4.69) is 9.84 Å². The topological polar surface area (TPSA) is 64.4 Å². The Labute approximate surface area is 167 Å². The second-order valence-corrected chi connectivity index (χ2v) is 6.26. The van der Waals surface area contributed by atoms with Crippen molar-refractivity contribution in [2.75, 3.05) is 7.05 Å². The minimum Gasteiger partial charge on any atom is -0.405 e. The van der Waals surface area contributed by atoms with Crippen molar-refractivity contribution >= 4 is 5.91 Å². The molecule has 1 amide bonds. The van der Waals surface area contributed by atoms with Gasteiger partial charge in [0.05, 0.1) is 5.69 Å². The van der Waals surface area contributed by atoms with Crippen LogP contribution in [0.5, 0.6) is 5.75 Å². The second kappa shape index (κ2) is 8.36. The van der Waals surface area contributed by atoms with E-state index >= 15 is 0 Å². The van der Waals surface area contributed by atoms with E-state index in [4.69, 9.17) is 0 Å². The first kappa shape index (κ1) is 21.0. The van der Waals surface area contributed by atoms with Gasteiger partial charge in [-0.05, 0) is 36.4 Å². The fourth-order valence-electron chi connectivity index (χ4n) is 2.67. The fourth-order valence-corrected chi connectivity index (χ4v) is 2.67. The summed E-state index contributed by atoms with van der Waals surface area (Å²) in [6, 6.07) is 12.7. The average molecular weight is 421 g/mol. The molecule has 2 aromatic carbocycles. The number of hydrogen-bond donors (Lipinski definition) is 0. The van der Waals surface area contributed by atoms with Crippen molar-refractivity contribution in [3.8, 4) is 11.4 Å². The number of alkyl halides is 3. The molecule has 10 heteroatoms. The molecule has 3 rings (SSSR count). The van der Waals surface area contributed by atoms with E-state index < -0.39 is 29.4 Å². The highest BCUT2D eigenvalue weighted by molar-refractivity contribution is 5.91. The van der Waals surface area contributed by atoms with Crippen molar-refractivity contribution in [1.29, 1.82) is 0 Å². The number of nitrogens with zero attached hydrogens (tertiary/aromatic N) is 3. The number of halogens is 4. The minimum absolute atomic E-state index is 0.115. The molecule has 156 valence electrons. The van der Waals surface area contributed by atoms with E-state index in [1.54, 1.807) is 0 Å². The smallest absolute Gasteiger partial charge is 0.405 e. The van der Waals surface area contributed by atoms with Crippen molar-refractivity contribution < 1.29 is 27.1 Å². The summed E-state index contributed by atoms with van der Waals surface area (Å²) in [4.78, 5) is 25.9. The van der Waals surface area contributed by atoms with Crippen LogP contribution in [-0.2, 0) is 6.54 Å². The summed E-state index contributed by atoms with van der Waals surface area (Å²) < 4.78 is 55.8. The molecule has 0 unspecified atom stereocenters. The maximum absolute atomic E-state index is 13.1. The third-order valence-electron chi connectivity index (χ3n) is 4.04. The summed E-state index contributed by atoms with van der Waals surface area (Å²) in [7, 11) is 1.38. The van der Waals surface area contributed by atoms with E-state index in [0.29, 0.717) is 0 Å². The zero-order valence-electron chi connectivity index (χ0n) is 15.6. The van der Waals surface area contributed by atoms with Crippen LogP contribution in [0, 0.1) is 5.82 Å². The monoisotopic (exact) mass is 421 g/mol. The fraction of sp³-hybridized carbons (Fsp3) is 0.150. The van der Waals surface area contributed by atoms with Crippen molar-refractivity contribution in [2.24, 2.45) is 0 Å². The van der Waals surface area contributed by atoms with Crippen molar-refractivity contribution in [1.82, 2.24) is 14.7 Å². The van der Waals surface area contributed by atoms with Gasteiger partial charge in [-0.3, -0.25) is 9.59 Å². The van der Waals surface area contributed by atoms with Gasteiger partial charge in [0, 0.05) is 25.2 Å². The van der Waals surface area contributed by atoms with Crippen molar-refractivity contribution in [3.05, 3.63) is 88.1 Å². The summed E-state index contributed by atoms with van der Waals surface area (Å²) in [6.07, 6.45) is -4.87. The Kier molecular flexibility index (Phi) is 5.86. The molecular weight excluding hydrogens is 406 g/mol. The van der Waals surface area contributed by atoms with Crippen LogP contribution in [0.4, 0.5) is 17.6 Å². The third kappa shape index (κ3) is 5.02. The Balaban J connectivity index is 1.85. The minimum atomic E-state index is -4.87. The summed E-state index contributed by atoms with van der Waals surface area (Å²) in [5.41, 5.74) is -0.263. The number of ether oxygens (including phenoxy) is 1. The van der Waals surface area contributed by atoms with Gasteiger partial charge < -0.3 is 9.64 Å². The molecule has 30 heavy (non-hydrogen) atoms. The zero-order valence-corrected chi connectivity index (χ0v) is 15.6. The van der Waals surface area contributed by atoms with Crippen LogP contribution in [0.1, 0.15) is 16.1 Å². The molecule has 6 nitrogen and oxygen atoms in total. The molecule has 0 fully saturated rings. The Morgan fingerprint density at radius 1 is 1.07 bits per heavy atom. The first-order valence-electron chi connectivity index (χ1n) is 8.59. The number of rotatable bonds is 5.